The monoisotopic (exact) mass is 210 g/mol. The summed E-state index contributed by atoms with van der Waals surface area (Å²) in [6.07, 6.45) is 6.79. The lowest BCUT2D eigenvalue weighted by atomic mass is 9.97. The standard InChI is InChI=1S/C13H26N2/c1-4-8-13(2,3)15-9-7-12(10-15)14-11-5-6-11/h11-12,14H,4-10H2,1-3H3. The van der Waals surface area contributed by atoms with E-state index in [2.05, 4.69) is 31.0 Å². The van der Waals surface area contributed by atoms with Crippen molar-refractivity contribution in [1.29, 1.82) is 0 Å². The van der Waals surface area contributed by atoms with E-state index < -0.39 is 0 Å². The van der Waals surface area contributed by atoms with Gasteiger partial charge >= 0.3 is 0 Å². The Hall–Kier alpha value is -0.0800. The molecule has 1 N–H and O–H groups in total. The van der Waals surface area contributed by atoms with Gasteiger partial charge in [-0.3, -0.25) is 4.90 Å². The Kier molecular flexibility index (Phi) is 3.36. The molecule has 1 saturated carbocycles. The van der Waals surface area contributed by atoms with Crippen molar-refractivity contribution in [2.75, 3.05) is 13.1 Å². The number of hydrogen-bond acceptors (Lipinski definition) is 2. The fourth-order valence-corrected chi connectivity index (χ4v) is 2.80. The summed E-state index contributed by atoms with van der Waals surface area (Å²) in [6.45, 7) is 9.64. The Labute approximate surface area is 94.4 Å². The van der Waals surface area contributed by atoms with E-state index in [0.717, 1.165) is 12.1 Å². The maximum absolute atomic E-state index is 3.76. The van der Waals surface area contributed by atoms with Crippen LogP contribution in [0.25, 0.3) is 0 Å². The highest BCUT2D eigenvalue weighted by Crippen LogP contribution is 2.27. The third kappa shape index (κ3) is 2.94. The molecule has 15 heavy (non-hydrogen) atoms. The maximum Gasteiger partial charge on any atom is 0.0209 e. The van der Waals surface area contributed by atoms with Crippen molar-refractivity contribution in [2.24, 2.45) is 0 Å². The van der Waals surface area contributed by atoms with Crippen molar-refractivity contribution in [2.45, 2.75) is 70.5 Å². The molecule has 88 valence electrons. The SMILES string of the molecule is CCCC(C)(C)N1CCC(NC2CC2)C1. The molecule has 0 amide bonds. The fourth-order valence-electron chi connectivity index (χ4n) is 2.80. The molecule has 2 fully saturated rings. The molecule has 1 unspecified atom stereocenters. The fraction of sp³-hybridized carbons (Fsp3) is 1.00. The summed E-state index contributed by atoms with van der Waals surface area (Å²) in [5.74, 6) is 0. The van der Waals surface area contributed by atoms with Crippen molar-refractivity contribution in [3.05, 3.63) is 0 Å². The van der Waals surface area contributed by atoms with Crippen LogP contribution in [0.5, 0.6) is 0 Å². The highest BCUT2D eigenvalue weighted by molar-refractivity contribution is 4.93. The number of hydrogen-bond donors (Lipinski definition) is 1. The van der Waals surface area contributed by atoms with Crippen LogP contribution in [0.3, 0.4) is 0 Å². The van der Waals surface area contributed by atoms with Crippen LogP contribution in [0.15, 0.2) is 0 Å². The van der Waals surface area contributed by atoms with Gasteiger partial charge in [-0.2, -0.15) is 0 Å². The minimum Gasteiger partial charge on any atom is -0.310 e. The van der Waals surface area contributed by atoms with E-state index in [1.165, 1.54) is 45.2 Å². The topological polar surface area (TPSA) is 15.3 Å². The lowest BCUT2D eigenvalue weighted by Crippen LogP contribution is -2.44. The minimum atomic E-state index is 0.411. The van der Waals surface area contributed by atoms with E-state index in [0.29, 0.717) is 5.54 Å². The summed E-state index contributed by atoms with van der Waals surface area (Å²) in [4.78, 5) is 2.68. The Morgan fingerprint density at radius 1 is 1.20 bits per heavy atom. The molecule has 1 heterocycles. The van der Waals surface area contributed by atoms with Crippen LogP contribution in [0.1, 0.15) is 52.9 Å². The Balaban J connectivity index is 1.79. The average Bonchev–Trinajstić information content (AvgIpc) is 2.81. The highest BCUT2D eigenvalue weighted by Gasteiger charge is 2.34. The van der Waals surface area contributed by atoms with Crippen LogP contribution in [-0.2, 0) is 0 Å². The summed E-state index contributed by atoms with van der Waals surface area (Å²) >= 11 is 0. The first-order valence-corrected chi connectivity index (χ1v) is 6.63. The van der Waals surface area contributed by atoms with Gasteiger partial charge in [-0.15, -0.1) is 0 Å². The summed E-state index contributed by atoms with van der Waals surface area (Å²) < 4.78 is 0. The van der Waals surface area contributed by atoms with E-state index >= 15 is 0 Å². The minimum absolute atomic E-state index is 0.411. The zero-order valence-electron chi connectivity index (χ0n) is 10.6. The number of likely N-dealkylation sites (tertiary alicyclic amines) is 1. The van der Waals surface area contributed by atoms with Crippen LogP contribution >= 0.6 is 0 Å². The summed E-state index contributed by atoms with van der Waals surface area (Å²) in [7, 11) is 0. The van der Waals surface area contributed by atoms with Gasteiger partial charge < -0.3 is 5.32 Å². The predicted molar refractivity (Wildman–Crippen MR) is 65.1 cm³/mol. The van der Waals surface area contributed by atoms with Crippen molar-refractivity contribution in [1.82, 2.24) is 10.2 Å². The summed E-state index contributed by atoms with van der Waals surface area (Å²) in [5, 5.41) is 3.76. The molecule has 1 aliphatic carbocycles. The molecule has 1 atom stereocenters. The number of nitrogens with zero attached hydrogens (tertiary/aromatic N) is 1. The van der Waals surface area contributed by atoms with Crippen molar-refractivity contribution < 1.29 is 0 Å². The highest BCUT2D eigenvalue weighted by atomic mass is 15.2. The van der Waals surface area contributed by atoms with Gasteiger partial charge in [-0.1, -0.05) is 13.3 Å². The molecule has 2 rings (SSSR count). The second-order valence-corrected chi connectivity index (χ2v) is 5.93. The Morgan fingerprint density at radius 3 is 2.53 bits per heavy atom. The van der Waals surface area contributed by atoms with E-state index in [4.69, 9.17) is 0 Å². The zero-order valence-corrected chi connectivity index (χ0v) is 10.6. The summed E-state index contributed by atoms with van der Waals surface area (Å²) in [6, 6.07) is 1.64. The van der Waals surface area contributed by atoms with Crippen molar-refractivity contribution in [3.63, 3.8) is 0 Å². The molecule has 2 heteroatoms. The maximum atomic E-state index is 3.76. The molecule has 0 aromatic heterocycles. The number of rotatable bonds is 5. The van der Waals surface area contributed by atoms with Gasteiger partial charge in [0, 0.05) is 30.7 Å². The quantitative estimate of drug-likeness (QED) is 0.749. The Bertz CT molecular complexity index is 209. The first-order chi connectivity index (χ1) is 7.12. The first kappa shape index (κ1) is 11.4. The van der Waals surface area contributed by atoms with Crippen molar-refractivity contribution >= 4 is 0 Å². The molecule has 0 aromatic rings. The van der Waals surface area contributed by atoms with Crippen molar-refractivity contribution in [3.8, 4) is 0 Å². The Morgan fingerprint density at radius 2 is 1.93 bits per heavy atom. The predicted octanol–water partition coefficient (Wildman–Crippen LogP) is 2.39. The smallest absolute Gasteiger partial charge is 0.0209 e. The lowest BCUT2D eigenvalue weighted by Gasteiger charge is -2.35. The van der Waals surface area contributed by atoms with Crippen LogP contribution < -0.4 is 5.32 Å². The largest absolute Gasteiger partial charge is 0.310 e. The molecule has 2 aliphatic rings. The lowest BCUT2D eigenvalue weighted by molar-refractivity contribution is 0.139. The van der Waals surface area contributed by atoms with E-state index in [1.807, 2.05) is 0 Å². The van der Waals surface area contributed by atoms with Gasteiger partial charge in [0.15, 0.2) is 0 Å². The third-order valence-electron chi connectivity index (χ3n) is 3.95. The van der Waals surface area contributed by atoms with E-state index in [-0.39, 0.29) is 0 Å². The molecule has 2 nitrogen and oxygen atoms in total. The molecule has 1 saturated heterocycles. The van der Waals surface area contributed by atoms with Gasteiger partial charge in [0.2, 0.25) is 0 Å². The van der Waals surface area contributed by atoms with Gasteiger partial charge in [0.25, 0.3) is 0 Å². The first-order valence-electron chi connectivity index (χ1n) is 6.63. The molecule has 0 bridgehead atoms. The van der Waals surface area contributed by atoms with Crippen LogP contribution in [0, 0.1) is 0 Å². The molecule has 0 aromatic carbocycles. The van der Waals surface area contributed by atoms with E-state index in [9.17, 15) is 0 Å². The molecular formula is C13H26N2. The van der Waals surface area contributed by atoms with Gasteiger partial charge in [0.1, 0.15) is 0 Å². The second kappa shape index (κ2) is 4.42. The van der Waals surface area contributed by atoms with Crippen LogP contribution in [0.2, 0.25) is 0 Å². The zero-order chi connectivity index (χ0) is 10.9. The average molecular weight is 210 g/mol. The van der Waals surface area contributed by atoms with Crippen LogP contribution in [0.4, 0.5) is 0 Å². The number of nitrogens with one attached hydrogen (secondary N) is 1. The van der Waals surface area contributed by atoms with Gasteiger partial charge in [0.05, 0.1) is 0 Å². The molecular weight excluding hydrogens is 184 g/mol. The van der Waals surface area contributed by atoms with E-state index in [1.54, 1.807) is 0 Å². The molecule has 0 radical (unpaired) electrons. The van der Waals surface area contributed by atoms with Gasteiger partial charge in [-0.05, 0) is 39.5 Å². The molecule has 0 spiro atoms. The molecule has 1 aliphatic heterocycles. The summed E-state index contributed by atoms with van der Waals surface area (Å²) in [5.41, 5.74) is 0.411. The second-order valence-electron chi connectivity index (χ2n) is 5.93. The third-order valence-corrected chi connectivity index (χ3v) is 3.95. The van der Waals surface area contributed by atoms with Crippen LogP contribution in [-0.4, -0.2) is 35.6 Å². The normalized spacial score (nSPS) is 28.6. The van der Waals surface area contributed by atoms with Gasteiger partial charge in [-0.25, -0.2) is 0 Å².